The van der Waals surface area contributed by atoms with E-state index in [1.54, 1.807) is 18.3 Å². The number of aromatic nitrogens is 1. The standard InChI is InChI=1S/C11H12ClNO2S/c12-9-2-1-4-13-11(9)16-7-10(14)8-3-5-15-6-8/h1-2,4,8H,3,5-7H2. The molecule has 3 nitrogen and oxygen atoms in total. The van der Waals surface area contributed by atoms with Gasteiger partial charge in [0.05, 0.1) is 17.4 Å². The van der Waals surface area contributed by atoms with Crippen LogP contribution < -0.4 is 0 Å². The molecule has 0 bridgehead atoms. The first kappa shape index (κ1) is 11.9. The molecule has 0 saturated carbocycles. The van der Waals surface area contributed by atoms with Crippen molar-refractivity contribution in [1.82, 2.24) is 4.98 Å². The number of hydrogen-bond acceptors (Lipinski definition) is 4. The predicted molar refractivity (Wildman–Crippen MR) is 63.9 cm³/mol. The van der Waals surface area contributed by atoms with Gasteiger partial charge in [-0.2, -0.15) is 0 Å². The van der Waals surface area contributed by atoms with Crippen LogP contribution in [0.15, 0.2) is 23.4 Å². The molecule has 0 amide bonds. The molecule has 1 atom stereocenters. The quantitative estimate of drug-likeness (QED) is 0.777. The summed E-state index contributed by atoms with van der Waals surface area (Å²) in [6.45, 7) is 1.26. The van der Waals surface area contributed by atoms with E-state index in [0.717, 1.165) is 11.4 Å². The predicted octanol–water partition coefficient (Wildman–Crippen LogP) is 2.43. The molecule has 1 unspecified atom stereocenters. The van der Waals surface area contributed by atoms with Crippen LogP contribution in [0.5, 0.6) is 0 Å². The van der Waals surface area contributed by atoms with Crippen LogP contribution >= 0.6 is 23.4 Å². The maximum Gasteiger partial charge on any atom is 0.148 e. The third-order valence-electron chi connectivity index (χ3n) is 2.46. The van der Waals surface area contributed by atoms with Gasteiger partial charge in [-0.15, -0.1) is 0 Å². The number of ether oxygens (including phenoxy) is 1. The molecule has 1 fully saturated rings. The van der Waals surface area contributed by atoms with Crippen molar-refractivity contribution in [2.45, 2.75) is 11.4 Å². The second-order valence-electron chi connectivity index (χ2n) is 3.61. The Morgan fingerprint density at radius 1 is 1.69 bits per heavy atom. The number of hydrogen-bond donors (Lipinski definition) is 0. The van der Waals surface area contributed by atoms with E-state index >= 15 is 0 Å². The fraction of sp³-hybridized carbons (Fsp3) is 0.455. The molecule has 16 heavy (non-hydrogen) atoms. The fourth-order valence-corrected chi connectivity index (χ4v) is 2.66. The topological polar surface area (TPSA) is 39.2 Å². The average Bonchev–Trinajstić information content (AvgIpc) is 2.81. The third-order valence-corrected chi connectivity index (χ3v) is 3.91. The molecule has 0 aromatic carbocycles. The van der Waals surface area contributed by atoms with Gasteiger partial charge in [-0.25, -0.2) is 4.98 Å². The molecule has 1 aliphatic heterocycles. The summed E-state index contributed by atoms with van der Waals surface area (Å²) in [7, 11) is 0. The molecule has 5 heteroatoms. The van der Waals surface area contributed by atoms with E-state index in [-0.39, 0.29) is 11.7 Å². The SMILES string of the molecule is O=C(CSc1ncccc1Cl)C1CCOC1. The summed E-state index contributed by atoms with van der Waals surface area (Å²) in [5.74, 6) is 0.712. The van der Waals surface area contributed by atoms with Crippen LogP contribution in [-0.2, 0) is 9.53 Å². The van der Waals surface area contributed by atoms with Crippen molar-refractivity contribution in [2.75, 3.05) is 19.0 Å². The Hall–Kier alpha value is -0.580. The largest absolute Gasteiger partial charge is 0.381 e. The summed E-state index contributed by atoms with van der Waals surface area (Å²) < 4.78 is 5.18. The van der Waals surface area contributed by atoms with Gasteiger partial charge in [0.25, 0.3) is 0 Å². The molecule has 1 aromatic heterocycles. The third kappa shape index (κ3) is 2.97. The minimum atomic E-state index is 0.0648. The van der Waals surface area contributed by atoms with Gasteiger partial charge in [-0.1, -0.05) is 23.4 Å². The Balaban J connectivity index is 1.87. The Kier molecular flexibility index (Phi) is 4.21. The molecule has 2 heterocycles. The first-order valence-electron chi connectivity index (χ1n) is 5.11. The first-order valence-corrected chi connectivity index (χ1v) is 6.47. The van der Waals surface area contributed by atoms with E-state index in [4.69, 9.17) is 16.3 Å². The van der Waals surface area contributed by atoms with Crippen molar-refractivity contribution in [1.29, 1.82) is 0 Å². The number of carbonyl (C=O) groups is 1. The highest BCUT2D eigenvalue weighted by molar-refractivity contribution is 8.00. The van der Waals surface area contributed by atoms with Gasteiger partial charge >= 0.3 is 0 Å². The lowest BCUT2D eigenvalue weighted by molar-refractivity contribution is -0.120. The molecule has 0 spiro atoms. The highest BCUT2D eigenvalue weighted by Crippen LogP contribution is 2.25. The minimum absolute atomic E-state index is 0.0648. The number of pyridine rings is 1. The second-order valence-corrected chi connectivity index (χ2v) is 4.98. The minimum Gasteiger partial charge on any atom is -0.381 e. The van der Waals surface area contributed by atoms with E-state index in [0.29, 0.717) is 24.0 Å². The van der Waals surface area contributed by atoms with Gasteiger partial charge in [0.2, 0.25) is 0 Å². The zero-order valence-electron chi connectivity index (χ0n) is 8.69. The van der Waals surface area contributed by atoms with Crippen molar-refractivity contribution in [2.24, 2.45) is 5.92 Å². The first-order chi connectivity index (χ1) is 7.77. The van der Waals surface area contributed by atoms with Crippen LogP contribution in [-0.4, -0.2) is 29.7 Å². The number of thioether (sulfide) groups is 1. The molecule has 2 rings (SSSR count). The van der Waals surface area contributed by atoms with Crippen LogP contribution in [0.25, 0.3) is 0 Å². The number of ketones is 1. The molecular formula is C11H12ClNO2S. The Bertz CT molecular complexity index is 380. The molecular weight excluding hydrogens is 246 g/mol. The smallest absolute Gasteiger partial charge is 0.148 e. The lowest BCUT2D eigenvalue weighted by Gasteiger charge is -2.06. The summed E-state index contributed by atoms with van der Waals surface area (Å²) in [5, 5.41) is 1.32. The lowest BCUT2D eigenvalue weighted by atomic mass is 10.1. The maximum absolute atomic E-state index is 11.8. The van der Waals surface area contributed by atoms with Crippen LogP contribution in [0.4, 0.5) is 0 Å². The zero-order chi connectivity index (χ0) is 11.4. The van der Waals surface area contributed by atoms with Gasteiger partial charge in [0, 0.05) is 18.7 Å². The molecule has 1 aliphatic rings. The van der Waals surface area contributed by atoms with E-state index in [2.05, 4.69) is 4.98 Å². The summed E-state index contributed by atoms with van der Waals surface area (Å²) in [6.07, 6.45) is 2.52. The Morgan fingerprint density at radius 2 is 2.56 bits per heavy atom. The van der Waals surface area contributed by atoms with Gasteiger partial charge in [0.15, 0.2) is 0 Å². The number of rotatable bonds is 4. The Labute approximate surface area is 104 Å². The Morgan fingerprint density at radius 3 is 3.25 bits per heavy atom. The van der Waals surface area contributed by atoms with Crippen LogP contribution in [0.2, 0.25) is 5.02 Å². The fourth-order valence-electron chi connectivity index (χ4n) is 1.52. The summed E-state index contributed by atoms with van der Waals surface area (Å²) in [5.41, 5.74) is 0. The van der Waals surface area contributed by atoms with Crippen molar-refractivity contribution < 1.29 is 9.53 Å². The van der Waals surface area contributed by atoms with Crippen molar-refractivity contribution >= 4 is 29.1 Å². The van der Waals surface area contributed by atoms with Crippen molar-refractivity contribution in [3.05, 3.63) is 23.4 Å². The van der Waals surface area contributed by atoms with Crippen molar-refractivity contribution in [3.8, 4) is 0 Å². The summed E-state index contributed by atoms with van der Waals surface area (Å²) in [6, 6.07) is 3.55. The monoisotopic (exact) mass is 257 g/mol. The van der Waals surface area contributed by atoms with Gasteiger partial charge in [-0.3, -0.25) is 4.79 Å². The van der Waals surface area contributed by atoms with E-state index in [1.807, 2.05) is 0 Å². The lowest BCUT2D eigenvalue weighted by Crippen LogP contribution is -2.16. The van der Waals surface area contributed by atoms with E-state index in [9.17, 15) is 4.79 Å². The van der Waals surface area contributed by atoms with E-state index in [1.165, 1.54) is 11.8 Å². The summed E-state index contributed by atoms with van der Waals surface area (Å²) in [4.78, 5) is 15.9. The van der Waals surface area contributed by atoms with Gasteiger partial charge < -0.3 is 4.74 Å². The van der Waals surface area contributed by atoms with Crippen LogP contribution in [0, 0.1) is 5.92 Å². The summed E-state index contributed by atoms with van der Waals surface area (Å²) >= 11 is 7.34. The highest BCUT2D eigenvalue weighted by Gasteiger charge is 2.23. The number of nitrogens with zero attached hydrogens (tertiary/aromatic N) is 1. The average molecular weight is 258 g/mol. The number of halogens is 1. The molecule has 0 radical (unpaired) electrons. The van der Waals surface area contributed by atoms with E-state index < -0.39 is 0 Å². The van der Waals surface area contributed by atoms with Gasteiger partial charge in [0.1, 0.15) is 10.8 Å². The molecule has 1 saturated heterocycles. The molecule has 0 aliphatic carbocycles. The number of carbonyl (C=O) groups excluding carboxylic acids is 1. The van der Waals surface area contributed by atoms with Crippen LogP contribution in [0.3, 0.4) is 0 Å². The second kappa shape index (κ2) is 5.66. The normalized spacial score (nSPS) is 19.9. The highest BCUT2D eigenvalue weighted by atomic mass is 35.5. The molecule has 0 N–H and O–H groups in total. The molecule has 1 aromatic rings. The van der Waals surface area contributed by atoms with Gasteiger partial charge in [-0.05, 0) is 18.6 Å². The van der Waals surface area contributed by atoms with Crippen LogP contribution in [0.1, 0.15) is 6.42 Å². The molecule has 86 valence electrons. The zero-order valence-corrected chi connectivity index (χ0v) is 10.3. The number of Topliss-reactive ketones (excluding diaryl/α,β-unsaturated/α-hetero) is 1. The maximum atomic E-state index is 11.8. The van der Waals surface area contributed by atoms with Crippen molar-refractivity contribution in [3.63, 3.8) is 0 Å².